The lowest BCUT2D eigenvalue weighted by molar-refractivity contribution is -0.121. The maximum atomic E-state index is 12.6. The molecule has 1 aliphatic heterocycles. The van der Waals surface area contributed by atoms with Gasteiger partial charge < -0.3 is 20.6 Å². The first kappa shape index (κ1) is 17.9. The Bertz CT molecular complexity index is 920. The molecule has 1 aliphatic rings. The van der Waals surface area contributed by atoms with E-state index in [1.54, 1.807) is 0 Å². The second-order valence-corrected chi connectivity index (χ2v) is 5.89. The number of amides is 2. The van der Waals surface area contributed by atoms with Gasteiger partial charge in [-0.1, -0.05) is 0 Å². The van der Waals surface area contributed by atoms with Crippen molar-refractivity contribution in [2.45, 2.75) is 12.5 Å². The lowest BCUT2D eigenvalue weighted by Gasteiger charge is -2.17. The monoisotopic (exact) mass is 370 g/mol. The van der Waals surface area contributed by atoms with Gasteiger partial charge in [0.25, 0.3) is 5.91 Å². The molecule has 3 rings (SSSR count). The summed E-state index contributed by atoms with van der Waals surface area (Å²) in [6.07, 6.45) is -0.181. The first-order valence-electron chi connectivity index (χ1n) is 7.80. The molecule has 1 atom stereocenters. The molecule has 0 aliphatic carbocycles. The second-order valence-electron chi connectivity index (χ2n) is 5.89. The summed E-state index contributed by atoms with van der Waals surface area (Å²) < 4.78 is 0. The summed E-state index contributed by atoms with van der Waals surface area (Å²) in [6.45, 7) is 0. The van der Waals surface area contributed by atoms with Crippen LogP contribution in [0.15, 0.2) is 42.5 Å². The van der Waals surface area contributed by atoms with E-state index in [2.05, 4.69) is 5.32 Å². The smallest absolute Gasteiger partial charge is 0.335 e. The van der Waals surface area contributed by atoms with Crippen molar-refractivity contribution in [2.24, 2.45) is 0 Å². The third-order valence-corrected chi connectivity index (χ3v) is 4.02. The number of carboxylic acid groups (broad SMARTS) is 2. The predicted octanol–water partition coefficient (Wildman–Crippen LogP) is 1.53. The number of nitrogens with zero attached hydrogens (tertiary/aromatic N) is 1. The van der Waals surface area contributed by atoms with E-state index in [0.29, 0.717) is 5.69 Å². The second kappa shape index (κ2) is 6.79. The van der Waals surface area contributed by atoms with Crippen LogP contribution in [0.25, 0.3) is 0 Å². The Morgan fingerprint density at radius 3 is 2.04 bits per heavy atom. The molecule has 1 unspecified atom stereocenters. The number of hydrogen-bond acceptors (Lipinski definition) is 6. The number of benzene rings is 2. The minimum atomic E-state index is -1.38. The number of anilines is 2. The molecule has 9 nitrogen and oxygen atoms in total. The topological polar surface area (TPSA) is 144 Å². The van der Waals surface area contributed by atoms with Gasteiger partial charge in [-0.2, -0.15) is 0 Å². The van der Waals surface area contributed by atoms with Gasteiger partial charge in [-0.05, 0) is 42.5 Å². The van der Waals surface area contributed by atoms with Crippen LogP contribution in [0.2, 0.25) is 0 Å². The van der Waals surface area contributed by atoms with E-state index in [9.17, 15) is 24.3 Å². The Morgan fingerprint density at radius 1 is 0.963 bits per heavy atom. The molecule has 9 heteroatoms. The Kier molecular flexibility index (Phi) is 4.51. The number of imide groups is 1. The summed E-state index contributed by atoms with van der Waals surface area (Å²) in [6, 6.07) is 8.09. The normalized spacial score (nSPS) is 16.4. The van der Waals surface area contributed by atoms with Crippen molar-refractivity contribution in [3.8, 4) is 5.75 Å². The predicted molar refractivity (Wildman–Crippen MR) is 93.0 cm³/mol. The molecular formula is C18H14N2O7. The highest BCUT2D eigenvalue weighted by Gasteiger charge is 2.40. The van der Waals surface area contributed by atoms with E-state index >= 15 is 0 Å². The number of carbonyl (C=O) groups is 4. The summed E-state index contributed by atoms with van der Waals surface area (Å²) in [5.74, 6) is -3.93. The first-order chi connectivity index (χ1) is 12.8. The van der Waals surface area contributed by atoms with Crippen molar-refractivity contribution in [3.05, 3.63) is 53.6 Å². The molecule has 1 heterocycles. The van der Waals surface area contributed by atoms with Crippen LogP contribution in [-0.4, -0.2) is 45.1 Å². The summed E-state index contributed by atoms with van der Waals surface area (Å²) in [5, 5.41) is 30.4. The Morgan fingerprint density at radius 2 is 1.52 bits per heavy atom. The molecule has 0 aromatic heterocycles. The van der Waals surface area contributed by atoms with Crippen LogP contribution in [0, 0.1) is 0 Å². The van der Waals surface area contributed by atoms with Gasteiger partial charge in [-0.3, -0.25) is 9.59 Å². The van der Waals surface area contributed by atoms with Crippen molar-refractivity contribution in [3.63, 3.8) is 0 Å². The highest BCUT2D eigenvalue weighted by molar-refractivity contribution is 6.23. The highest BCUT2D eigenvalue weighted by Crippen LogP contribution is 2.27. The third kappa shape index (κ3) is 3.56. The van der Waals surface area contributed by atoms with E-state index in [0.717, 1.165) is 23.1 Å². The number of nitrogens with one attached hydrogen (secondary N) is 1. The maximum absolute atomic E-state index is 12.6. The molecule has 0 bridgehead atoms. The Hall–Kier alpha value is -3.88. The minimum absolute atomic E-state index is 0.0442. The molecule has 27 heavy (non-hydrogen) atoms. The van der Waals surface area contributed by atoms with Gasteiger partial charge >= 0.3 is 11.9 Å². The molecular weight excluding hydrogens is 356 g/mol. The molecule has 0 radical (unpaired) electrons. The Labute approximate surface area is 152 Å². The fourth-order valence-corrected chi connectivity index (χ4v) is 2.76. The van der Waals surface area contributed by atoms with E-state index in [1.807, 2.05) is 0 Å². The number of phenols is 1. The van der Waals surface area contributed by atoms with Gasteiger partial charge in [0.2, 0.25) is 5.91 Å². The molecule has 4 N–H and O–H groups in total. The summed E-state index contributed by atoms with van der Waals surface area (Å²) >= 11 is 0. The molecule has 2 aromatic carbocycles. The van der Waals surface area contributed by atoms with Gasteiger partial charge in [0.15, 0.2) is 0 Å². The zero-order valence-electron chi connectivity index (χ0n) is 13.7. The molecule has 2 aromatic rings. The van der Waals surface area contributed by atoms with Crippen molar-refractivity contribution < 1.29 is 34.5 Å². The van der Waals surface area contributed by atoms with Crippen LogP contribution in [0.1, 0.15) is 27.1 Å². The van der Waals surface area contributed by atoms with Gasteiger partial charge in [0.05, 0.1) is 23.2 Å². The maximum Gasteiger partial charge on any atom is 0.335 e. The highest BCUT2D eigenvalue weighted by atomic mass is 16.4. The lowest BCUT2D eigenvalue weighted by atomic mass is 10.1. The Balaban J connectivity index is 1.92. The van der Waals surface area contributed by atoms with E-state index in [4.69, 9.17) is 10.2 Å². The van der Waals surface area contributed by atoms with Crippen molar-refractivity contribution in [1.29, 1.82) is 0 Å². The summed E-state index contributed by atoms with van der Waals surface area (Å²) in [4.78, 5) is 48.2. The van der Waals surface area contributed by atoms with Crippen LogP contribution in [0.3, 0.4) is 0 Å². The molecule has 138 valence electrons. The van der Waals surface area contributed by atoms with Gasteiger partial charge in [-0.15, -0.1) is 0 Å². The fourth-order valence-electron chi connectivity index (χ4n) is 2.76. The number of phenolic OH excluding ortho intramolecular Hbond substituents is 1. The van der Waals surface area contributed by atoms with E-state index in [-0.39, 0.29) is 29.0 Å². The average molecular weight is 370 g/mol. The zero-order valence-corrected chi connectivity index (χ0v) is 13.7. The number of carbonyl (C=O) groups excluding carboxylic acids is 2. The molecule has 0 saturated carbocycles. The van der Waals surface area contributed by atoms with Crippen LogP contribution in [0.4, 0.5) is 11.4 Å². The number of carboxylic acids is 2. The van der Waals surface area contributed by atoms with Crippen molar-refractivity contribution >= 4 is 35.1 Å². The van der Waals surface area contributed by atoms with Gasteiger partial charge in [0, 0.05) is 5.69 Å². The van der Waals surface area contributed by atoms with Crippen LogP contribution < -0.4 is 10.2 Å². The van der Waals surface area contributed by atoms with Crippen LogP contribution in [0.5, 0.6) is 5.75 Å². The molecule has 1 saturated heterocycles. The zero-order chi connectivity index (χ0) is 19.7. The van der Waals surface area contributed by atoms with Crippen LogP contribution >= 0.6 is 0 Å². The SMILES string of the molecule is O=C(O)c1cc(C(=O)O)cc(N2C(=O)CC(Nc3ccc(O)cc3)C2=O)c1. The number of aromatic hydroxyl groups is 1. The summed E-state index contributed by atoms with van der Waals surface area (Å²) in [7, 11) is 0. The third-order valence-electron chi connectivity index (χ3n) is 4.02. The van der Waals surface area contributed by atoms with Crippen molar-refractivity contribution in [2.75, 3.05) is 10.2 Å². The standard InChI is InChI=1S/C18H14N2O7/c21-13-3-1-11(2-4-13)19-14-8-15(22)20(16(14)23)12-6-9(17(24)25)5-10(7-12)18(26)27/h1-7,14,19,21H,8H2,(H,24,25)(H,26,27). The minimum Gasteiger partial charge on any atom is -0.508 e. The van der Waals surface area contributed by atoms with Crippen molar-refractivity contribution in [1.82, 2.24) is 0 Å². The van der Waals surface area contributed by atoms with Crippen LogP contribution in [-0.2, 0) is 9.59 Å². The van der Waals surface area contributed by atoms with Gasteiger partial charge in [0.1, 0.15) is 11.8 Å². The lowest BCUT2D eigenvalue weighted by Crippen LogP contribution is -2.35. The molecule has 1 fully saturated rings. The quantitative estimate of drug-likeness (QED) is 0.458. The van der Waals surface area contributed by atoms with Gasteiger partial charge in [-0.25, -0.2) is 14.5 Å². The first-order valence-corrected chi connectivity index (χ1v) is 7.80. The molecule has 2 amide bonds. The number of hydrogen-bond donors (Lipinski definition) is 4. The molecule has 0 spiro atoms. The average Bonchev–Trinajstić information content (AvgIpc) is 2.90. The summed E-state index contributed by atoms with van der Waals surface area (Å²) in [5.41, 5.74) is -0.301. The van der Waals surface area contributed by atoms with E-state index < -0.39 is 29.8 Å². The number of aromatic carboxylic acids is 2. The van der Waals surface area contributed by atoms with E-state index in [1.165, 1.54) is 24.3 Å². The largest absolute Gasteiger partial charge is 0.508 e. The fraction of sp³-hybridized carbons (Fsp3) is 0.111. The number of rotatable bonds is 5.